The van der Waals surface area contributed by atoms with E-state index in [1.807, 2.05) is 0 Å². The van der Waals surface area contributed by atoms with Crippen molar-refractivity contribution >= 4 is 10.0 Å². The van der Waals surface area contributed by atoms with Crippen molar-refractivity contribution in [1.82, 2.24) is 4.72 Å². The SMILES string of the molecule is CC(C#N)S(=O)(=O)NCC1(N)CCCCC1. The van der Waals surface area contributed by atoms with Crippen LogP contribution in [-0.4, -0.2) is 25.8 Å². The van der Waals surface area contributed by atoms with Crippen LogP contribution in [0.15, 0.2) is 0 Å². The zero-order valence-electron chi connectivity index (χ0n) is 9.57. The van der Waals surface area contributed by atoms with Gasteiger partial charge in [-0.2, -0.15) is 5.26 Å². The number of nitriles is 1. The molecule has 16 heavy (non-hydrogen) atoms. The van der Waals surface area contributed by atoms with E-state index in [0.29, 0.717) is 0 Å². The maximum atomic E-state index is 11.6. The van der Waals surface area contributed by atoms with Crippen LogP contribution < -0.4 is 10.5 Å². The zero-order valence-corrected chi connectivity index (χ0v) is 10.4. The lowest BCUT2D eigenvalue weighted by Gasteiger charge is -2.33. The minimum Gasteiger partial charge on any atom is -0.324 e. The van der Waals surface area contributed by atoms with E-state index in [0.717, 1.165) is 25.7 Å². The second kappa shape index (κ2) is 5.13. The molecule has 0 spiro atoms. The van der Waals surface area contributed by atoms with E-state index in [9.17, 15) is 8.42 Å². The molecule has 0 aromatic rings. The van der Waals surface area contributed by atoms with Crippen molar-refractivity contribution < 1.29 is 8.42 Å². The van der Waals surface area contributed by atoms with Crippen LogP contribution >= 0.6 is 0 Å². The molecule has 92 valence electrons. The van der Waals surface area contributed by atoms with Crippen molar-refractivity contribution in [3.8, 4) is 6.07 Å². The second-order valence-electron chi connectivity index (χ2n) is 4.56. The average molecular weight is 245 g/mol. The van der Waals surface area contributed by atoms with Gasteiger partial charge in [-0.1, -0.05) is 19.3 Å². The standard InChI is InChI=1S/C10H19N3O2S/c1-9(7-11)16(14,15)13-8-10(12)5-3-2-4-6-10/h9,13H,2-6,8,12H2,1H3. The van der Waals surface area contributed by atoms with Gasteiger partial charge in [-0.05, 0) is 19.8 Å². The first-order chi connectivity index (χ1) is 7.40. The van der Waals surface area contributed by atoms with Gasteiger partial charge in [-0.25, -0.2) is 13.1 Å². The van der Waals surface area contributed by atoms with Crippen molar-refractivity contribution in [3.63, 3.8) is 0 Å². The Labute approximate surface area is 97.1 Å². The van der Waals surface area contributed by atoms with Crippen molar-refractivity contribution in [2.75, 3.05) is 6.54 Å². The smallest absolute Gasteiger partial charge is 0.227 e. The molecule has 0 radical (unpaired) electrons. The molecule has 0 aliphatic heterocycles. The molecule has 0 bridgehead atoms. The van der Waals surface area contributed by atoms with Gasteiger partial charge in [0.25, 0.3) is 0 Å². The molecule has 1 unspecified atom stereocenters. The van der Waals surface area contributed by atoms with E-state index >= 15 is 0 Å². The Hall–Kier alpha value is -0.640. The normalized spacial score (nSPS) is 22.3. The summed E-state index contributed by atoms with van der Waals surface area (Å²) in [6.45, 7) is 1.60. The summed E-state index contributed by atoms with van der Waals surface area (Å²) in [6, 6.07) is 1.71. The first kappa shape index (κ1) is 13.4. The average Bonchev–Trinajstić information content (AvgIpc) is 2.27. The monoisotopic (exact) mass is 245 g/mol. The Morgan fingerprint density at radius 2 is 2.00 bits per heavy atom. The van der Waals surface area contributed by atoms with E-state index in [1.165, 1.54) is 13.3 Å². The lowest BCUT2D eigenvalue weighted by molar-refractivity contribution is 0.296. The van der Waals surface area contributed by atoms with E-state index in [1.54, 1.807) is 6.07 Å². The van der Waals surface area contributed by atoms with Crippen LogP contribution in [0.4, 0.5) is 0 Å². The molecule has 1 rings (SSSR count). The molecule has 1 aliphatic rings. The third kappa shape index (κ3) is 3.44. The predicted octanol–water partition coefficient (Wildman–Crippen LogP) is 0.479. The highest BCUT2D eigenvalue weighted by Crippen LogP contribution is 2.25. The summed E-state index contributed by atoms with van der Waals surface area (Å²) < 4.78 is 25.6. The van der Waals surface area contributed by atoms with Crippen molar-refractivity contribution in [1.29, 1.82) is 5.26 Å². The summed E-state index contributed by atoms with van der Waals surface area (Å²) in [6.07, 6.45) is 4.95. The minimum atomic E-state index is -3.54. The summed E-state index contributed by atoms with van der Waals surface area (Å²) >= 11 is 0. The van der Waals surface area contributed by atoms with Gasteiger partial charge in [0.2, 0.25) is 10.0 Å². The Balaban J connectivity index is 2.54. The van der Waals surface area contributed by atoms with E-state index in [-0.39, 0.29) is 6.54 Å². The van der Waals surface area contributed by atoms with E-state index in [4.69, 9.17) is 11.0 Å². The highest BCUT2D eigenvalue weighted by atomic mass is 32.2. The van der Waals surface area contributed by atoms with Gasteiger partial charge >= 0.3 is 0 Å². The molecule has 0 amide bonds. The van der Waals surface area contributed by atoms with Gasteiger partial charge in [0.05, 0.1) is 6.07 Å². The van der Waals surface area contributed by atoms with E-state index < -0.39 is 20.8 Å². The summed E-state index contributed by atoms with van der Waals surface area (Å²) in [5.74, 6) is 0. The molecule has 1 aliphatic carbocycles. The number of rotatable bonds is 4. The Morgan fingerprint density at radius 1 is 1.44 bits per heavy atom. The van der Waals surface area contributed by atoms with Crippen molar-refractivity contribution in [2.45, 2.75) is 49.8 Å². The van der Waals surface area contributed by atoms with Crippen LogP contribution in [0.25, 0.3) is 0 Å². The fourth-order valence-electron chi connectivity index (χ4n) is 1.87. The van der Waals surface area contributed by atoms with Crippen LogP contribution in [0.3, 0.4) is 0 Å². The molecule has 1 fully saturated rings. The first-order valence-electron chi connectivity index (χ1n) is 5.57. The number of hydrogen-bond donors (Lipinski definition) is 2. The Kier molecular flexibility index (Phi) is 4.30. The number of nitrogens with one attached hydrogen (secondary N) is 1. The summed E-state index contributed by atoms with van der Waals surface area (Å²) in [4.78, 5) is 0. The van der Waals surface area contributed by atoms with Gasteiger partial charge in [0, 0.05) is 12.1 Å². The van der Waals surface area contributed by atoms with Crippen LogP contribution in [0.1, 0.15) is 39.0 Å². The third-order valence-electron chi connectivity index (χ3n) is 3.12. The highest BCUT2D eigenvalue weighted by molar-refractivity contribution is 7.90. The van der Waals surface area contributed by atoms with Crippen LogP contribution in [0.5, 0.6) is 0 Å². The molecular formula is C10H19N3O2S. The molecule has 0 saturated heterocycles. The number of hydrogen-bond acceptors (Lipinski definition) is 4. The van der Waals surface area contributed by atoms with Crippen LogP contribution in [-0.2, 0) is 10.0 Å². The molecule has 0 aromatic heterocycles. The Bertz CT molecular complexity index is 366. The van der Waals surface area contributed by atoms with Gasteiger partial charge in [0.15, 0.2) is 5.25 Å². The fraction of sp³-hybridized carbons (Fsp3) is 0.900. The van der Waals surface area contributed by atoms with Gasteiger partial charge in [-0.15, -0.1) is 0 Å². The molecule has 1 saturated carbocycles. The topological polar surface area (TPSA) is 96.0 Å². The molecule has 3 N–H and O–H groups in total. The molecule has 1 atom stereocenters. The van der Waals surface area contributed by atoms with Crippen molar-refractivity contribution in [2.24, 2.45) is 5.73 Å². The van der Waals surface area contributed by atoms with E-state index in [2.05, 4.69) is 4.72 Å². The zero-order chi connectivity index (χ0) is 12.2. The van der Waals surface area contributed by atoms with Crippen LogP contribution in [0, 0.1) is 11.3 Å². The maximum Gasteiger partial charge on any atom is 0.227 e. The predicted molar refractivity (Wildman–Crippen MR) is 62.0 cm³/mol. The lowest BCUT2D eigenvalue weighted by atomic mass is 9.83. The minimum absolute atomic E-state index is 0.237. The third-order valence-corrected chi connectivity index (χ3v) is 4.71. The molecule has 6 heteroatoms. The number of sulfonamides is 1. The molecule has 0 heterocycles. The first-order valence-corrected chi connectivity index (χ1v) is 7.11. The largest absolute Gasteiger partial charge is 0.324 e. The number of nitrogens with zero attached hydrogens (tertiary/aromatic N) is 1. The quantitative estimate of drug-likeness (QED) is 0.753. The van der Waals surface area contributed by atoms with Gasteiger partial charge in [0.1, 0.15) is 0 Å². The second-order valence-corrected chi connectivity index (χ2v) is 6.65. The molecule has 5 nitrogen and oxygen atoms in total. The fourth-order valence-corrected chi connectivity index (χ4v) is 2.75. The number of nitrogens with two attached hydrogens (primary N) is 1. The lowest BCUT2D eigenvalue weighted by Crippen LogP contribution is -2.52. The Morgan fingerprint density at radius 3 is 2.50 bits per heavy atom. The molecule has 0 aromatic carbocycles. The van der Waals surface area contributed by atoms with Gasteiger partial charge < -0.3 is 5.73 Å². The summed E-state index contributed by atoms with van der Waals surface area (Å²) in [5.41, 5.74) is 5.67. The summed E-state index contributed by atoms with van der Waals surface area (Å²) in [7, 11) is -3.54. The maximum absolute atomic E-state index is 11.6. The van der Waals surface area contributed by atoms with Crippen molar-refractivity contribution in [3.05, 3.63) is 0 Å². The highest BCUT2D eigenvalue weighted by Gasteiger charge is 2.30. The summed E-state index contributed by atoms with van der Waals surface area (Å²) in [5, 5.41) is 7.54. The van der Waals surface area contributed by atoms with Gasteiger partial charge in [-0.3, -0.25) is 0 Å². The molecular weight excluding hydrogens is 226 g/mol. The van der Waals surface area contributed by atoms with Crippen LogP contribution in [0.2, 0.25) is 0 Å².